The van der Waals surface area contributed by atoms with Crippen LogP contribution in [-0.4, -0.2) is 41.5 Å². The van der Waals surface area contributed by atoms with Crippen molar-refractivity contribution in [3.05, 3.63) is 46.2 Å². The van der Waals surface area contributed by atoms with E-state index in [4.69, 9.17) is 14.0 Å². The Balaban J connectivity index is 1.67. The molecule has 10 heteroatoms. The molecule has 0 atom stereocenters. The lowest BCUT2D eigenvalue weighted by Gasteiger charge is -2.06. The second kappa shape index (κ2) is 10.2. The van der Waals surface area contributed by atoms with Crippen molar-refractivity contribution in [3.8, 4) is 17.1 Å². The predicted octanol–water partition coefficient (Wildman–Crippen LogP) is 4.07. The molecule has 2 heterocycles. The minimum absolute atomic E-state index is 0.0544. The van der Waals surface area contributed by atoms with Crippen LogP contribution in [0.2, 0.25) is 0 Å². The molecule has 0 bridgehead atoms. The number of hydrogen-bond acceptors (Lipinski definition) is 9. The molecule has 0 saturated heterocycles. The molecular weight excluding hydrogens is 434 g/mol. The lowest BCUT2D eigenvalue weighted by atomic mass is 10.1. The van der Waals surface area contributed by atoms with Crippen LogP contribution < -0.4 is 10.1 Å². The smallest absolute Gasteiger partial charge is 0.341 e. The number of aryl methyl sites for hydroxylation is 1. The molecule has 2 aromatic heterocycles. The van der Waals surface area contributed by atoms with E-state index in [-0.39, 0.29) is 36.7 Å². The van der Waals surface area contributed by atoms with Crippen molar-refractivity contribution in [2.75, 3.05) is 19.0 Å². The van der Waals surface area contributed by atoms with Crippen molar-refractivity contribution in [2.45, 2.75) is 33.6 Å². The molecule has 1 amide bonds. The maximum absolute atomic E-state index is 12.5. The molecule has 0 aliphatic rings. The van der Waals surface area contributed by atoms with Crippen LogP contribution in [0.1, 0.15) is 51.8 Å². The Morgan fingerprint density at radius 1 is 1.19 bits per heavy atom. The Morgan fingerprint density at radius 3 is 2.53 bits per heavy atom. The summed E-state index contributed by atoms with van der Waals surface area (Å²) < 4.78 is 15.4. The Hall–Kier alpha value is -3.53. The molecule has 3 rings (SSSR count). The van der Waals surface area contributed by atoms with Gasteiger partial charge in [0.2, 0.25) is 17.6 Å². The van der Waals surface area contributed by atoms with Crippen LogP contribution in [0.25, 0.3) is 11.4 Å². The first-order valence-corrected chi connectivity index (χ1v) is 10.7. The normalized spacial score (nSPS) is 10.6. The number of thiophene rings is 1. The van der Waals surface area contributed by atoms with Gasteiger partial charge in [0.15, 0.2) is 5.78 Å². The summed E-state index contributed by atoms with van der Waals surface area (Å²) in [4.78, 5) is 41.4. The van der Waals surface area contributed by atoms with Gasteiger partial charge >= 0.3 is 5.97 Å². The summed E-state index contributed by atoms with van der Waals surface area (Å²) in [5, 5.41) is 6.94. The number of carbonyl (C=O) groups is 3. The van der Waals surface area contributed by atoms with Gasteiger partial charge in [0, 0.05) is 18.4 Å². The van der Waals surface area contributed by atoms with Crippen molar-refractivity contribution < 1.29 is 28.4 Å². The fourth-order valence-electron chi connectivity index (χ4n) is 3.01. The summed E-state index contributed by atoms with van der Waals surface area (Å²) in [6.45, 7) is 4.95. The van der Waals surface area contributed by atoms with Crippen LogP contribution in [0.15, 0.2) is 28.8 Å². The average Bonchev–Trinajstić information content (AvgIpc) is 3.37. The number of carbonyl (C=O) groups excluding carboxylic acids is 3. The lowest BCUT2D eigenvalue weighted by Crippen LogP contribution is -2.15. The number of ketones is 1. The van der Waals surface area contributed by atoms with Crippen LogP contribution in [0, 0.1) is 6.92 Å². The number of aromatic nitrogens is 2. The Morgan fingerprint density at radius 2 is 1.91 bits per heavy atom. The fraction of sp³-hybridized carbons (Fsp3) is 0.318. The first-order chi connectivity index (χ1) is 15.3. The van der Waals surface area contributed by atoms with E-state index >= 15 is 0 Å². The Labute approximate surface area is 188 Å². The van der Waals surface area contributed by atoms with E-state index in [9.17, 15) is 14.4 Å². The van der Waals surface area contributed by atoms with Crippen LogP contribution in [0.5, 0.6) is 5.75 Å². The molecule has 0 fully saturated rings. The minimum Gasteiger partial charge on any atom is -0.497 e. The molecule has 1 N–H and O–H groups in total. The fourth-order valence-corrected chi connectivity index (χ4v) is 4.12. The van der Waals surface area contributed by atoms with Crippen LogP contribution in [-0.2, 0) is 16.0 Å². The Bertz CT molecular complexity index is 1130. The molecule has 0 radical (unpaired) electrons. The number of esters is 1. The second-order valence-corrected chi connectivity index (χ2v) is 7.85. The number of anilines is 1. The number of Topliss-reactive ketones (excluding diaryl/α,β-unsaturated/α-hetero) is 1. The summed E-state index contributed by atoms with van der Waals surface area (Å²) in [6.07, 6.45) is 0.270. The maximum Gasteiger partial charge on any atom is 0.341 e. The average molecular weight is 458 g/mol. The predicted molar refractivity (Wildman–Crippen MR) is 118 cm³/mol. The number of benzene rings is 1. The van der Waals surface area contributed by atoms with Crippen LogP contribution >= 0.6 is 11.3 Å². The molecule has 0 spiro atoms. The molecule has 0 aliphatic carbocycles. The van der Waals surface area contributed by atoms with E-state index in [0.717, 1.165) is 16.9 Å². The summed E-state index contributed by atoms with van der Waals surface area (Å²) in [7, 11) is 1.58. The zero-order valence-corrected chi connectivity index (χ0v) is 19.0. The van der Waals surface area contributed by atoms with Crippen molar-refractivity contribution in [2.24, 2.45) is 0 Å². The monoisotopic (exact) mass is 457 g/mol. The van der Waals surface area contributed by atoms with E-state index in [1.54, 1.807) is 33.1 Å². The van der Waals surface area contributed by atoms with Crippen molar-refractivity contribution in [3.63, 3.8) is 0 Å². The molecule has 3 aromatic rings. The number of nitrogens with one attached hydrogen (secondary N) is 1. The minimum atomic E-state index is -0.579. The van der Waals surface area contributed by atoms with Gasteiger partial charge in [0.1, 0.15) is 10.8 Å². The highest BCUT2D eigenvalue weighted by atomic mass is 32.1. The summed E-state index contributed by atoms with van der Waals surface area (Å²) in [5.74, 6) is 0.320. The van der Waals surface area contributed by atoms with Gasteiger partial charge in [-0.3, -0.25) is 9.59 Å². The highest BCUT2D eigenvalue weighted by Gasteiger charge is 2.25. The molecule has 1 aromatic carbocycles. The highest BCUT2D eigenvalue weighted by Crippen LogP contribution is 2.34. The summed E-state index contributed by atoms with van der Waals surface area (Å²) in [6, 6.07) is 7.20. The molecule has 0 aliphatic heterocycles. The van der Waals surface area contributed by atoms with Gasteiger partial charge in [-0.25, -0.2) is 4.79 Å². The van der Waals surface area contributed by atoms with Crippen molar-refractivity contribution >= 4 is 34.0 Å². The highest BCUT2D eigenvalue weighted by molar-refractivity contribution is 7.18. The first-order valence-electron chi connectivity index (χ1n) is 9.92. The van der Waals surface area contributed by atoms with E-state index in [1.165, 1.54) is 6.92 Å². The van der Waals surface area contributed by atoms with Crippen molar-refractivity contribution in [1.29, 1.82) is 0 Å². The number of methoxy groups -OCH3 is 1. The zero-order valence-electron chi connectivity index (χ0n) is 18.2. The van der Waals surface area contributed by atoms with Crippen LogP contribution in [0.4, 0.5) is 5.00 Å². The van der Waals surface area contributed by atoms with Crippen molar-refractivity contribution in [1.82, 2.24) is 10.1 Å². The quantitative estimate of drug-likeness (QED) is 0.377. The Kier molecular flexibility index (Phi) is 7.37. The van der Waals surface area contributed by atoms with Gasteiger partial charge in [-0.05, 0) is 50.6 Å². The number of hydrogen-bond donors (Lipinski definition) is 1. The standard InChI is InChI=1S/C22H23N3O6S/c1-5-30-22(28)18-12(2)19(13(3)26)32-21(18)23-16(27)10-11-17-24-20(25-31-17)14-6-8-15(29-4)9-7-14/h6-9H,5,10-11H2,1-4H3,(H,23,27). The molecule has 9 nitrogen and oxygen atoms in total. The van der Waals surface area contributed by atoms with Gasteiger partial charge in [0.05, 0.1) is 24.2 Å². The second-order valence-electron chi connectivity index (χ2n) is 6.83. The van der Waals surface area contributed by atoms with Crippen LogP contribution in [0.3, 0.4) is 0 Å². The third kappa shape index (κ3) is 5.20. The summed E-state index contributed by atoms with van der Waals surface area (Å²) in [5.41, 5.74) is 1.46. The number of nitrogens with zero attached hydrogens (tertiary/aromatic N) is 2. The largest absolute Gasteiger partial charge is 0.497 e. The third-order valence-corrected chi connectivity index (χ3v) is 5.89. The molecule has 168 valence electrons. The first kappa shape index (κ1) is 23.1. The SMILES string of the molecule is CCOC(=O)c1c(NC(=O)CCc2nc(-c3ccc(OC)cc3)no2)sc(C(C)=O)c1C. The topological polar surface area (TPSA) is 121 Å². The molecule has 0 unspecified atom stereocenters. The third-order valence-electron chi connectivity index (χ3n) is 4.58. The number of amides is 1. The number of ether oxygens (including phenoxy) is 2. The van der Waals surface area contributed by atoms with E-state index in [1.807, 2.05) is 12.1 Å². The van der Waals surface area contributed by atoms with Gasteiger partial charge < -0.3 is 19.3 Å². The molecule has 0 saturated carbocycles. The summed E-state index contributed by atoms with van der Waals surface area (Å²) >= 11 is 1.06. The maximum atomic E-state index is 12.5. The van der Waals surface area contributed by atoms with E-state index in [0.29, 0.717) is 32.9 Å². The zero-order chi connectivity index (χ0) is 23.3. The van der Waals surface area contributed by atoms with Gasteiger partial charge in [-0.2, -0.15) is 4.98 Å². The molecular formula is C22H23N3O6S. The number of rotatable bonds is 9. The van der Waals surface area contributed by atoms with Gasteiger partial charge in [0.25, 0.3) is 0 Å². The molecule has 32 heavy (non-hydrogen) atoms. The van der Waals surface area contributed by atoms with E-state index in [2.05, 4.69) is 15.5 Å². The lowest BCUT2D eigenvalue weighted by molar-refractivity contribution is -0.116. The van der Waals surface area contributed by atoms with Gasteiger partial charge in [-0.15, -0.1) is 11.3 Å². The van der Waals surface area contributed by atoms with E-state index < -0.39 is 5.97 Å². The van der Waals surface area contributed by atoms with Gasteiger partial charge in [-0.1, -0.05) is 5.16 Å².